The molecule has 1 unspecified atom stereocenters. The highest BCUT2D eigenvalue weighted by molar-refractivity contribution is 5.23. The van der Waals surface area contributed by atoms with E-state index >= 15 is 0 Å². The van der Waals surface area contributed by atoms with Crippen molar-refractivity contribution in [3.8, 4) is 0 Å². The van der Waals surface area contributed by atoms with Gasteiger partial charge in [-0.25, -0.2) is 8.78 Å². The number of nitrogens with one attached hydrogen (secondary N) is 1. The lowest BCUT2D eigenvalue weighted by Gasteiger charge is -2.42. The van der Waals surface area contributed by atoms with E-state index < -0.39 is 11.6 Å². The SMILES string of the molecule is CCCN(C1CNC1)C(C)c1c(F)cccc1F. The van der Waals surface area contributed by atoms with Crippen molar-refractivity contribution < 1.29 is 8.78 Å². The molecule has 1 aromatic carbocycles. The summed E-state index contributed by atoms with van der Waals surface area (Å²) >= 11 is 0. The summed E-state index contributed by atoms with van der Waals surface area (Å²) in [5.41, 5.74) is 0.192. The van der Waals surface area contributed by atoms with Crippen molar-refractivity contribution in [1.29, 1.82) is 0 Å². The normalized spacial score (nSPS) is 17.8. The van der Waals surface area contributed by atoms with Gasteiger partial charge in [-0.1, -0.05) is 13.0 Å². The van der Waals surface area contributed by atoms with E-state index in [2.05, 4.69) is 17.1 Å². The van der Waals surface area contributed by atoms with Gasteiger partial charge in [0, 0.05) is 30.7 Å². The van der Waals surface area contributed by atoms with Crippen LogP contribution in [0.25, 0.3) is 0 Å². The van der Waals surface area contributed by atoms with Crippen LogP contribution in [0.15, 0.2) is 18.2 Å². The first kappa shape index (κ1) is 13.4. The van der Waals surface area contributed by atoms with Crippen LogP contribution in [0.3, 0.4) is 0 Å². The fourth-order valence-electron chi connectivity index (χ4n) is 2.53. The summed E-state index contributed by atoms with van der Waals surface area (Å²) < 4.78 is 27.6. The van der Waals surface area contributed by atoms with E-state index in [9.17, 15) is 8.78 Å². The smallest absolute Gasteiger partial charge is 0.130 e. The Hall–Kier alpha value is -1.00. The average molecular weight is 254 g/mol. The molecule has 1 N–H and O–H groups in total. The lowest BCUT2D eigenvalue weighted by atomic mass is 10.0. The molecule has 1 aromatic rings. The third kappa shape index (κ3) is 2.54. The van der Waals surface area contributed by atoms with Crippen molar-refractivity contribution in [3.63, 3.8) is 0 Å². The van der Waals surface area contributed by atoms with Gasteiger partial charge >= 0.3 is 0 Å². The summed E-state index contributed by atoms with van der Waals surface area (Å²) in [5.74, 6) is -0.897. The quantitative estimate of drug-likeness (QED) is 0.869. The van der Waals surface area contributed by atoms with Gasteiger partial charge in [-0.3, -0.25) is 4.90 Å². The zero-order valence-electron chi connectivity index (χ0n) is 10.9. The Morgan fingerprint density at radius 3 is 2.39 bits per heavy atom. The maximum absolute atomic E-state index is 13.8. The molecular weight excluding hydrogens is 234 g/mol. The number of hydrogen-bond donors (Lipinski definition) is 1. The largest absolute Gasteiger partial charge is 0.314 e. The minimum atomic E-state index is -0.448. The summed E-state index contributed by atoms with van der Waals surface area (Å²) in [4.78, 5) is 2.19. The van der Waals surface area contributed by atoms with Crippen LogP contribution >= 0.6 is 0 Å². The van der Waals surface area contributed by atoms with Gasteiger partial charge in [0.15, 0.2) is 0 Å². The highest BCUT2D eigenvalue weighted by Gasteiger charge is 2.30. The molecule has 2 rings (SSSR count). The minimum Gasteiger partial charge on any atom is -0.314 e. The van der Waals surface area contributed by atoms with Gasteiger partial charge in [-0.05, 0) is 32.0 Å². The van der Waals surface area contributed by atoms with E-state index in [4.69, 9.17) is 0 Å². The molecule has 1 aliphatic rings. The second kappa shape index (κ2) is 5.76. The molecule has 1 heterocycles. The fourth-order valence-corrected chi connectivity index (χ4v) is 2.53. The summed E-state index contributed by atoms with van der Waals surface area (Å²) in [6.45, 7) is 6.64. The van der Waals surface area contributed by atoms with Crippen molar-refractivity contribution in [3.05, 3.63) is 35.4 Å². The number of benzene rings is 1. The first-order chi connectivity index (χ1) is 8.65. The van der Waals surface area contributed by atoms with Crippen LogP contribution in [0.5, 0.6) is 0 Å². The van der Waals surface area contributed by atoms with E-state index in [1.165, 1.54) is 18.2 Å². The van der Waals surface area contributed by atoms with Gasteiger partial charge in [0.25, 0.3) is 0 Å². The standard InChI is InChI=1S/C14H20F2N2/c1-3-7-18(11-8-17-9-11)10(2)14-12(15)5-4-6-13(14)16/h4-6,10-11,17H,3,7-9H2,1-2H3. The molecule has 0 aliphatic carbocycles. The second-order valence-electron chi connectivity index (χ2n) is 4.86. The summed E-state index contributed by atoms with van der Waals surface area (Å²) in [5, 5.41) is 3.21. The molecule has 1 aliphatic heterocycles. The zero-order chi connectivity index (χ0) is 13.1. The van der Waals surface area contributed by atoms with Crippen LogP contribution < -0.4 is 5.32 Å². The molecule has 1 fully saturated rings. The Labute approximate surface area is 107 Å². The Balaban J connectivity index is 2.23. The van der Waals surface area contributed by atoms with Gasteiger partial charge < -0.3 is 5.32 Å². The van der Waals surface area contributed by atoms with E-state index in [0.717, 1.165) is 26.1 Å². The summed E-state index contributed by atoms with van der Waals surface area (Å²) in [6, 6.07) is 4.24. The summed E-state index contributed by atoms with van der Waals surface area (Å²) in [6.07, 6.45) is 0.983. The third-order valence-electron chi connectivity index (χ3n) is 3.63. The van der Waals surface area contributed by atoms with Gasteiger partial charge in [0.05, 0.1) is 0 Å². The average Bonchev–Trinajstić information content (AvgIpc) is 2.25. The van der Waals surface area contributed by atoms with E-state index in [-0.39, 0.29) is 11.6 Å². The van der Waals surface area contributed by atoms with Crippen LogP contribution in [-0.2, 0) is 0 Å². The van der Waals surface area contributed by atoms with E-state index in [1.807, 2.05) is 6.92 Å². The van der Waals surface area contributed by atoms with Crippen LogP contribution in [0.4, 0.5) is 8.78 Å². The molecule has 1 atom stereocenters. The molecule has 0 radical (unpaired) electrons. The molecule has 0 saturated carbocycles. The lowest BCUT2D eigenvalue weighted by Crippen LogP contribution is -2.57. The zero-order valence-corrected chi connectivity index (χ0v) is 10.9. The van der Waals surface area contributed by atoms with Crippen LogP contribution in [0.2, 0.25) is 0 Å². The number of rotatable bonds is 5. The lowest BCUT2D eigenvalue weighted by molar-refractivity contribution is 0.0989. The first-order valence-electron chi connectivity index (χ1n) is 6.55. The third-order valence-corrected chi connectivity index (χ3v) is 3.63. The van der Waals surface area contributed by atoms with E-state index in [0.29, 0.717) is 6.04 Å². The van der Waals surface area contributed by atoms with Crippen LogP contribution in [0, 0.1) is 11.6 Å². The fraction of sp³-hybridized carbons (Fsp3) is 0.571. The Kier molecular flexibility index (Phi) is 4.30. The molecule has 0 aromatic heterocycles. The molecule has 0 bridgehead atoms. The maximum atomic E-state index is 13.8. The van der Waals surface area contributed by atoms with Crippen molar-refractivity contribution in [2.45, 2.75) is 32.4 Å². The molecule has 100 valence electrons. The molecule has 2 nitrogen and oxygen atoms in total. The first-order valence-corrected chi connectivity index (χ1v) is 6.55. The highest BCUT2D eigenvalue weighted by Crippen LogP contribution is 2.28. The van der Waals surface area contributed by atoms with Gasteiger partial charge in [0.2, 0.25) is 0 Å². The summed E-state index contributed by atoms with van der Waals surface area (Å²) in [7, 11) is 0. The molecule has 0 spiro atoms. The predicted octanol–water partition coefficient (Wildman–Crippen LogP) is 2.71. The molecule has 18 heavy (non-hydrogen) atoms. The van der Waals surface area contributed by atoms with Crippen LogP contribution in [0.1, 0.15) is 31.9 Å². The van der Waals surface area contributed by atoms with Crippen LogP contribution in [-0.4, -0.2) is 30.6 Å². The Morgan fingerprint density at radius 2 is 1.94 bits per heavy atom. The monoisotopic (exact) mass is 254 g/mol. The Bertz CT molecular complexity index is 385. The second-order valence-corrected chi connectivity index (χ2v) is 4.86. The minimum absolute atomic E-state index is 0.192. The predicted molar refractivity (Wildman–Crippen MR) is 68.4 cm³/mol. The van der Waals surface area contributed by atoms with Crippen molar-refractivity contribution in [1.82, 2.24) is 10.2 Å². The van der Waals surface area contributed by atoms with E-state index in [1.54, 1.807) is 0 Å². The highest BCUT2D eigenvalue weighted by atomic mass is 19.1. The molecule has 1 saturated heterocycles. The van der Waals surface area contributed by atoms with Gasteiger partial charge in [0.1, 0.15) is 11.6 Å². The number of hydrogen-bond acceptors (Lipinski definition) is 2. The van der Waals surface area contributed by atoms with Gasteiger partial charge in [-0.15, -0.1) is 0 Å². The van der Waals surface area contributed by atoms with Gasteiger partial charge in [-0.2, -0.15) is 0 Å². The van der Waals surface area contributed by atoms with Crippen molar-refractivity contribution >= 4 is 0 Å². The number of nitrogens with zero attached hydrogens (tertiary/aromatic N) is 1. The number of halogens is 2. The maximum Gasteiger partial charge on any atom is 0.130 e. The topological polar surface area (TPSA) is 15.3 Å². The van der Waals surface area contributed by atoms with Crippen molar-refractivity contribution in [2.24, 2.45) is 0 Å². The molecule has 4 heteroatoms. The molecular formula is C14H20F2N2. The molecule has 0 amide bonds. The van der Waals surface area contributed by atoms with Crippen molar-refractivity contribution in [2.75, 3.05) is 19.6 Å². The Morgan fingerprint density at radius 1 is 1.33 bits per heavy atom.